The zero-order valence-electron chi connectivity index (χ0n) is 15.9. The number of carbonyl (C=O) groups is 1. The quantitative estimate of drug-likeness (QED) is 0.683. The van der Waals surface area contributed by atoms with Gasteiger partial charge in [0.25, 0.3) is 11.8 Å². The summed E-state index contributed by atoms with van der Waals surface area (Å²) < 4.78 is 44.9. The Bertz CT molecular complexity index is 1130. The first-order valence-electron chi connectivity index (χ1n) is 9.49. The molecular weight excluding hydrogens is 401 g/mol. The fourth-order valence-corrected chi connectivity index (χ4v) is 3.35. The summed E-state index contributed by atoms with van der Waals surface area (Å²) in [5.41, 5.74) is -0.437. The lowest BCUT2D eigenvalue weighted by Crippen LogP contribution is -2.36. The molecule has 0 aromatic carbocycles. The van der Waals surface area contributed by atoms with Crippen LogP contribution >= 0.6 is 0 Å². The topological polar surface area (TPSA) is 98.7 Å². The number of nitrogens with zero attached hydrogens (tertiary/aromatic N) is 5. The average Bonchev–Trinajstić information content (AvgIpc) is 3.60. The number of amides is 1. The summed E-state index contributed by atoms with van der Waals surface area (Å²) in [6, 6.07) is 4.42. The van der Waals surface area contributed by atoms with Gasteiger partial charge in [-0.15, -0.1) is 0 Å². The van der Waals surface area contributed by atoms with E-state index in [0.29, 0.717) is 30.5 Å². The maximum Gasteiger partial charge on any atom is 0.435 e. The Hall–Kier alpha value is -3.24. The molecule has 3 aromatic rings. The van der Waals surface area contributed by atoms with Crippen LogP contribution in [0.15, 0.2) is 28.9 Å². The second-order valence-electron chi connectivity index (χ2n) is 7.74. The van der Waals surface area contributed by atoms with Gasteiger partial charge in [-0.3, -0.25) is 14.5 Å². The number of aromatic nitrogens is 5. The van der Waals surface area contributed by atoms with Crippen molar-refractivity contribution in [3.63, 3.8) is 0 Å². The Morgan fingerprint density at radius 1 is 1.30 bits per heavy atom. The fourth-order valence-electron chi connectivity index (χ4n) is 3.35. The molecular formula is C19H17F3N6O2. The van der Waals surface area contributed by atoms with Crippen LogP contribution in [-0.4, -0.2) is 30.8 Å². The molecule has 3 heterocycles. The number of alkyl halides is 3. The van der Waals surface area contributed by atoms with Crippen molar-refractivity contribution >= 4 is 5.91 Å². The third-order valence-corrected chi connectivity index (χ3v) is 5.38. The fraction of sp³-hybridized carbons (Fsp3) is 0.421. The van der Waals surface area contributed by atoms with E-state index in [2.05, 4.69) is 25.5 Å². The predicted molar refractivity (Wildman–Crippen MR) is 96.1 cm³/mol. The molecule has 0 radical (unpaired) electrons. The van der Waals surface area contributed by atoms with Crippen molar-refractivity contribution in [3.8, 4) is 11.5 Å². The number of rotatable bonds is 5. The smallest absolute Gasteiger partial charge is 0.338 e. The first kappa shape index (κ1) is 18.8. The molecule has 30 heavy (non-hydrogen) atoms. The molecule has 2 aliphatic carbocycles. The van der Waals surface area contributed by atoms with Gasteiger partial charge in [-0.2, -0.15) is 23.3 Å². The van der Waals surface area contributed by atoms with Gasteiger partial charge in [0.1, 0.15) is 11.2 Å². The van der Waals surface area contributed by atoms with Gasteiger partial charge in [0.15, 0.2) is 11.5 Å². The first-order valence-corrected chi connectivity index (χ1v) is 9.49. The van der Waals surface area contributed by atoms with Gasteiger partial charge in [0.2, 0.25) is 0 Å². The van der Waals surface area contributed by atoms with E-state index < -0.39 is 23.3 Å². The van der Waals surface area contributed by atoms with E-state index >= 15 is 0 Å². The number of carbonyl (C=O) groups excluding carboxylic acids is 1. The van der Waals surface area contributed by atoms with Crippen LogP contribution in [-0.2, 0) is 18.8 Å². The van der Waals surface area contributed by atoms with E-state index in [1.54, 1.807) is 12.3 Å². The molecule has 2 fully saturated rings. The maximum absolute atomic E-state index is 12.9. The molecule has 0 spiro atoms. The third-order valence-electron chi connectivity index (χ3n) is 5.38. The van der Waals surface area contributed by atoms with Gasteiger partial charge >= 0.3 is 6.18 Å². The SMILES string of the molecule is Cn1nc(C(F)(F)F)cc1C(=O)NC1(c2noc(-c3ccnc(C4CC4)c3)n2)CC1. The summed E-state index contributed by atoms with van der Waals surface area (Å²) in [5, 5.41) is 10.1. The summed E-state index contributed by atoms with van der Waals surface area (Å²) in [5.74, 6) is 0.412. The lowest BCUT2D eigenvalue weighted by Gasteiger charge is -2.13. The number of nitrogens with one attached hydrogen (secondary N) is 1. The Morgan fingerprint density at radius 2 is 2.07 bits per heavy atom. The highest BCUT2D eigenvalue weighted by Gasteiger charge is 2.50. The molecule has 1 N–H and O–H groups in total. The van der Waals surface area contributed by atoms with E-state index in [4.69, 9.17) is 4.52 Å². The molecule has 3 aromatic heterocycles. The summed E-state index contributed by atoms with van der Waals surface area (Å²) in [4.78, 5) is 21.4. The van der Waals surface area contributed by atoms with Crippen molar-refractivity contribution in [3.05, 3.63) is 47.3 Å². The molecule has 2 aliphatic rings. The molecule has 0 atom stereocenters. The van der Waals surface area contributed by atoms with E-state index in [1.165, 1.54) is 7.05 Å². The second kappa shape index (κ2) is 6.38. The van der Waals surface area contributed by atoms with Gasteiger partial charge in [-0.1, -0.05) is 5.16 Å². The minimum absolute atomic E-state index is 0.194. The number of halogens is 3. The van der Waals surface area contributed by atoms with Crippen LogP contribution in [0.5, 0.6) is 0 Å². The highest BCUT2D eigenvalue weighted by atomic mass is 19.4. The monoisotopic (exact) mass is 418 g/mol. The third kappa shape index (κ3) is 3.33. The van der Waals surface area contributed by atoms with Crippen molar-refractivity contribution in [2.75, 3.05) is 0 Å². The minimum Gasteiger partial charge on any atom is -0.338 e. The van der Waals surface area contributed by atoms with Gasteiger partial charge in [-0.25, -0.2) is 0 Å². The van der Waals surface area contributed by atoms with Crippen LogP contribution in [0.25, 0.3) is 11.5 Å². The molecule has 2 saturated carbocycles. The van der Waals surface area contributed by atoms with Gasteiger partial charge in [0, 0.05) is 36.5 Å². The Labute approximate surface area is 168 Å². The van der Waals surface area contributed by atoms with Crippen molar-refractivity contribution in [1.82, 2.24) is 30.2 Å². The zero-order valence-corrected chi connectivity index (χ0v) is 15.9. The molecule has 0 aliphatic heterocycles. The van der Waals surface area contributed by atoms with Crippen LogP contribution < -0.4 is 5.32 Å². The molecule has 1 amide bonds. The molecule has 11 heteroatoms. The largest absolute Gasteiger partial charge is 0.435 e. The van der Waals surface area contributed by atoms with E-state index in [1.807, 2.05) is 6.07 Å². The molecule has 0 unspecified atom stereocenters. The zero-order chi connectivity index (χ0) is 21.1. The lowest BCUT2D eigenvalue weighted by molar-refractivity contribution is -0.141. The molecule has 0 bridgehead atoms. The highest BCUT2D eigenvalue weighted by Crippen LogP contribution is 2.45. The predicted octanol–water partition coefficient (Wildman–Crippen LogP) is 3.18. The van der Waals surface area contributed by atoms with Crippen molar-refractivity contribution in [2.24, 2.45) is 7.05 Å². The van der Waals surface area contributed by atoms with Crippen molar-refractivity contribution < 1.29 is 22.5 Å². The van der Waals surface area contributed by atoms with Crippen LogP contribution in [0.1, 0.15) is 59.3 Å². The van der Waals surface area contributed by atoms with E-state index in [0.717, 1.165) is 34.8 Å². The summed E-state index contributed by atoms with van der Waals surface area (Å²) in [7, 11) is 1.29. The molecule has 5 rings (SSSR count). The Kier molecular flexibility index (Phi) is 3.99. The maximum atomic E-state index is 12.9. The standard InChI is InChI=1S/C19H17F3N6O2/c1-28-13(9-14(26-28)19(20,21)22)15(29)25-18(5-6-18)17-24-16(30-27-17)11-4-7-23-12(8-11)10-2-3-10/h4,7-10H,2-3,5-6H2,1H3,(H,25,29). The Balaban J connectivity index is 1.36. The van der Waals surface area contributed by atoms with Crippen LogP contribution in [0, 0.1) is 0 Å². The summed E-state index contributed by atoms with van der Waals surface area (Å²) in [6.07, 6.45) is 0.425. The number of hydrogen-bond donors (Lipinski definition) is 1. The summed E-state index contributed by atoms with van der Waals surface area (Å²) in [6.45, 7) is 0. The van der Waals surface area contributed by atoms with Crippen LogP contribution in [0.3, 0.4) is 0 Å². The molecule has 8 nitrogen and oxygen atoms in total. The first-order chi connectivity index (χ1) is 14.2. The normalized spacial score (nSPS) is 17.7. The number of aryl methyl sites for hydroxylation is 1. The van der Waals surface area contributed by atoms with Gasteiger partial charge in [0.05, 0.1) is 0 Å². The lowest BCUT2D eigenvalue weighted by atomic mass is 10.2. The molecule has 156 valence electrons. The second-order valence-corrected chi connectivity index (χ2v) is 7.74. The number of pyridine rings is 1. The van der Waals surface area contributed by atoms with Gasteiger partial charge in [-0.05, 0) is 37.8 Å². The minimum atomic E-state index is -4.63. The average molecular weight is 418 g/mol. The summed E-state index contributed by atoms with van der Waals surface area (Å²) >= 11 is 0. The van der Waals surface area contributed by atoms with Crippen molar-refractivity contribution in [2.45, 2.75) is 43.3 Å². The highest BCUT2D eigenvalue weighted by molar-refractivity contribution is 5.93. The number of hydrogen-bond acceptors (Lipinski definition) is 6. The van der Waals surface area contributed by atoms with Gasteiger partial charge < -0.3 is 9.84 Å². The van der Waals surface area contributed by atoms with Crippen LogP contribution in [0.2, 0.25) is 0 Å². The van der Waals surface area contributed by atoms with Crippen LogP contribution in [0.4, 0.5) is 13.2 Å². The van der Waals surface area contributed by atoms with E-state index in [9.17, 15) is 18.0 Å². The van der Waals surface area contributed by atoms with Crippen molar-refractivity contribution in [1.29, 1.82) is 0 Å². The van der Waals surface area contributed by atoms with E-state index in [-0.39, 0.29) is 5.69 Å². The Morgan fingerprint density at radius 3 is 2.70 bits per heavy atom. The molecule has 0 saturated heterocycles.